The maximum absolute atomic E-state index is 8.28. The smallest absolute Gasteiger partial charge is 0.216 e. The van der Waals surface area contributed by atoms with Gasteiger partial charge >= 0.3 is 0 Å². The van der Waals surface area contributed by atoms with Crippen molar-refractivity contribution in [3.05, 3.63) is 150 Å². The summed E-state index contributed by atoms with van der Waals surface area (Å²) in [6, 6.07) is 34.3. The Morgan fingerprint density at radius 1 is 0.680 bits per heavy atom. The second kappa shape index (κ2) is 14.1. The molecule has 251 valence electrons. The molecule has 4 aromatic heterocycles. The fourth-order valence-electron chi connectivity index (χ4n) is 5.95. The van der Waals surface area contributed by atoms with E-state index in [1.165, 1.54) is 42.2 Å². The van der Waals surface area contributed by atoms with Crippen LogP contribution in [-0.2, 0) is 25.5 Å². The van der Waals surface area contributed by atoms with Gasteiger partial charge < -0.3 is 14.4 Å². The van der Waals surface area contributed by atoms with E-state index < -0.39 is 27.4 Å². The molecule has 0 aliphatic heterocycles. The van der Waals surface area contributed by atoms with Crippen LogP contribution in [0.4, 0.5) is 0 Å². The van der Waals surface area contributed by atoms with E-state index in [1.807, 2.05) is 30.3 Å². The van der Waals surface area contributed by atoms with Gasteiger partial charge in [-0.15, -0.1) is 53.6 Å². The van der Waals surface area contributed by atoms with Crippen molar-refractivity contribution in [1.29, 1.82) is 0 Å². The van der Waals surface area contributed by atoms with E-state index in [1.54, 1.807) is 30.3 Å². The summed E-state index contributed by atoms with van der Waals surface area (Å²) < 4.78 is 97.7. The summed E-state index contributed by atoms with van der Waals surface area (Å²) in [6.45, 7) is -2.62. The third-order valence-electron chi connectivity index (χ3n) is 8.33. The number of benzene rings is 4. The van der Waals surface area contributed by atoms with Crippen LogP contribution >= 0.6 is 0 Å². The maximum Gasteiger partial charge on any atom is 0.216 e. The first kappa shape index (κ1) is 22.7. The van der Waals surface area contributed by atoms with Crippen LogP contribution < -0.4 is 0 Å². The summed E-state index contributed by atoms with van der Waals surface area (Å²) in [5.41, 5.74) is 5.73. The molecule has 0 amide bonds. The van der Waals surface area contributed by atoms with Crippen LogP contribution in [0.15, 0.2) is 114 Å². The molecular weight excluding hydrogens is 791 g/mol. The van der Waals surface area contributed by atoms with E-state index in [-0.39, 0.29) is 53.6 Å². The van der Waals surface area contributed by atoms with E-state index in [0.29, 0.717) is 39.0 Å². The number of furan rings is 1. The zero-order valence-corrected chi connectivity index (χ0v) is 29.9. The van der Waals surface area contributed by atoms with Gasteiger partial charge in [0.1, 0.15) is 0 Å². The molecule has 4 nitrogen and oxygen atoms in total. The zero-order chi connectivity index (χ0) is 44.3. The topological polar surface area (TPSA) is 51.8 Å². The first-order valence-electron chi connectivity index (χ1n) is 21.7. The molecule has 0 fully saturated rings. The van der Waals surface area contributed by atoms with Gasteiger partial charge in [0.25, 0.3) is 0 Å². The predicted octanol–water partition coefficient (Wildman–Crippen LogP) is 11.7. The molecule has 0 unspecified atom stereocenters. The molecule has 1 radical (unpaired) electrons. The van der Waals surface area contributed by atoms with Crippen LogP contribution in [0.25, 0.3) is 66.5 Å². The molecule has 8 rings (SSSR count). The van der Waals surface area contributed by atoms with Crippen molar-refractivity contribution in [3.8, 4) is 33.6 Å². The van der Waals surface area contributed by atoms with Gasteiger partial charge in [-0.1, -0.05) is 93.2 Å². The summed E-state index contributed by atoms with van der Waals surface area (Å²) in [5.74, 6) is 0. The van der Waals surface area contributed by atoms with Gasteiger partial charge in [-0.3, -0.25) is 0 Å². The van der Waals surface area contributed by atoms with Gasteiger partial charge in [-0.05, 0) is 88.1 Å². The quantitative estimate of drug-likeness (QED) is 0.166. The number of hydrogen-bond donors (Lipinski definition) is 0. The van der Waals surface area contributed by atoms with Crippen molar-refractivity contribution in [2.24, 2.45) is 0 Å². The normalized spacial score (nSPS) is 15.9. The summed E-state index contributed by atoms with van der Waals surface area (Å²) in [5, 5.41) is 3.43. The van der Waals surface area contributed by atoms with Crippen molar-refractivity contribution >= 4 is 32.8 Å². The number of aryl methyl sites for hydroxylation is 4. The Morgan fingerprint density at radius 2 is 1.50 bits per heavy atom. The van der Waals surface area contributed by atoms with E-state index >= 15 is 0 Å². The van der Waals surface area contributed by atoms with Crippen LogP contribution in [0.2, 0.25) is 0 Å². The molecule has 0 saturated carbocycles. The Labute approximate surface area is 324 Å². The third-order valence-corrected chi connectivity index (χ3v) is 8.33. The average molecular weight is 842 g/mol. The minimum atomic E-state index is -2.39. The number of rotatable bonds is 3. The summed E-state index contributed by atoms with van der Waals surface area (Å²) in [7, 11) is 0. The maximum atomic E-state index is 8.28. The molecular formula is C45H39IrN3O-2. The molecule has 4 aromatic carbocycles. The first-order valence-corrected chi connectivity index (χ1v) is 15.7. The summed E-state index contributed by atoms with van der Waals surface area (Å²) >= 11 is 0. The van der Waals surface area contributed by atoms with Crippen molar-refractivity contribution in [1.82, 2.24) is 15.0 Å². The van der Waals surface area contributed by atoms with Gasteiger partial charge in [0, 0.05) is 60.0 Å². The molecule has 8 aromatic rings. The third kappa shape index (κ3) is 6.89. The van der Waals surface area contributed by atoms with Crippen molar-refractivity contribution in [2.45, 2.75) is 53.6 Å². The summed E-state index contributed by atoms with van der Waals surface area (Å²) in [6.07, 6.45) is 2.71. The fourth-order valence-corrected chi connectivity index (χ4v) is 5.95. The van der Waals surface area contributed by atoms with Crippen LogP contribution in [0.1, 0.15) is 65.2 Å². The number of pyridine rings is 3. The molecule has 0 aliphatic carbocycles. The van der Waals surface area contributed by atoms with E-state index in [2.05, 4.69) is 60.0 Å². The zero-order valence-electron chi connectivity index (χ0n) is 39.5. The SMILES string of the molecule is [2H]C([2H])([2H])c1c[c-]c(-c2ccc(C([2H])([2H])[2H])cn2)cc1.[2H]C([2H])([2H])c1ccc2c(n1)oc1c(-c3cc(-c4ccc(C(C)(C)C)c5ccccc45)c(C([2H])([2H])[2H])cn3)[c-]ccc12.[Ir]. The molecule has 0 aliphatic rings. The monoisotopic (exact) mass is 842 g/mol. The molecule has 0 N–H and O–H groups in total. The number of nitrogens with zero attached hydrogens (tertiary/aromatic N) is 3. The molecule has 0 spiro atoms. The number of fused-ring (bicyclic) bond motifs is 4. The molecule has 0 saturated heterocycles. The minimum absolute atomic E-state index is 0. The van der Waals surface area contributed by atoms with Gasteiger partial charge in [0.05, 0.1) is 5.58 Å². The van der Waals surface area contributed by atoms with E-state index in [4.69, 9.17) is 20.9 Å². The van der Waals surface area contributed by atoms with Crippen molar-refractivity contribution in [2.75, 3.05) is 0 Å². The Hall–Kier alpha value is -4.96. The van der Waals surface area contributed by atoms with Crippen molar-refractivity contribution in [3.63, 3.8) is 0 Å². The standard InChI is InChI=1S/C32H27N2O.C13H12N.Ir/c1-19-18-33-29(26-12-8-11-24-25-14-13-20(2)34-31(25)35-30(24)26)17-27(19)22-15-16-28(32(3,4)5)23-10-7-6-9-21(22)23;1-10-3-6-12(7-4-10)13-8-5-11(2)9-14-13;/h6-11,13-18H,1-5H3;3-6,8-9H,1-2H3;/q2*-1;/i2*1D3,2D3;. The minimum Gasteiger partial charge on any atom is -0.486 e. The Morgan fingerprint density at radius 3 is 2.22 bits per heavy atom. The largest absolute Gasteiger partial charge is 0.486 e. The van der Waals surface area contributed by atoms with E-state index in [9.17, 15) is 0 Å². The molecule has 50 heavy (non-hydrogen) atoms. The number of aromatic nitrogens is 3. The summed E-state index contributed by atoms with van der Waals surface area (Å²) in [4.78, 5) is 12.9. The van der Waals surface area contributed by atoms with Crippen LogP contribution in [0.5, 0.6) is 0 Å². The van der Waals surface area contributed by atoms with Crippen LogP contribution in [-0.4, -0.2) is 15.0 Å². The van der Waals surface area contributed by atoms with Crippen LogP contribution in [0.3, 0.4) is 0 Å². The number of hydrogen-bond acceptors (Lipinski definition) is 4. The van der Waals surface area contributed by atoms with Crippen molar-refractivity contribution < 1.29 is 41.0 Å². The molecule has 0 atom stereocenters. The average Bonchev–Trinajstić information content (AvgIpc) is 3.57. The second-order valence-electron chi connectivity index (χ2n) is 12.7. The molecule has 4 heterocycles. The Balaban J connectivity index is 0.000000258. The van der Waals surface area contributed by atoms with Crippen LogP contribution in [0, 0.1) is 39.5 Å². The van der Waals surface area contributed by atoms with Gasteiger partial charge in [0.2, 0.25) is 5.71 Å². The molecule has 0 bridgehead atoms. The van der Waals surface area contributed by atoms with Gasteiger partial charge in [-0.25, -0.2) is 4.98 Å². The Kier molecular flexibility index (Phi) is 6.40. The van der Waals surface area contributed by atoms with Gasteiger partial charge in [0.15, 0.2) is 0 Å². The second-order valence-corrected chi connectivity index (χ2v) is 12.7. The first-order chi connectivity index (χ1) is 28.4. The fraction of sp³-hybridized carbons (Fsp3) is 0.178. The van der Waals surface area contributed by atoms with Gasteiger partial charge in [-0.2, -0.15) is 0 Å². The Bertz CT molecular complexity index is 2840. The van der Waals surface area contributed by atoms with E-state index in [0.717, 1.165) is 21.7 Å². The molecule has 5 heteroatoms. The predicted molar refractivity (Wildman–Crippen MR) is 203 cm³/mol.